The van der Waals surface area contributed by atoms with Crippen molar-refractivity contribution in [2.24, 2.45) is 0 Å². The van der Waals surface area contributed by atoms with Crippen LogP contribution < -0.4 is 0 Å². The third-order valence-electron chi connectivity index (χ3n) is 0.902. The zero-order valence-electron chi connectivity index (χ0n) is 7.06. The van der Waals surface area contributed by atoms with Crippen LogP contribution in [0.5, 0.6) is 0 Å². The largest absolute Gasteiger partial charge is 0.463 e. The maximum Gasteiger partial charge on any atom is 0.330 e. The van der Waals surface area contributed by atoms with Crippen molar-refractivity contribution in [3.8, 4) is 0 Å². The van der Waals surface area contributed by atoms with Crippen molar-refractivity contribution in [2.45, 2.75) is 25.1 Å². The highest BCUT2D eigenvalue weighted by molar-refractivity contribution is 9.10. The van der Waals surface area contributed by atoms with Crippen molar-refractivity contribution in [3.63, 3.8) is 0 Å². The first kappa shape index (κ1) is 10.7. The average molecular weight is 221 g/mol. The van der Waals surface area contributed by atoms with Gasteiger partial charge in [-0.25, -0.2) is 4.79 Å². The van der Waals surface area contributed by atoms with E-state index in [1.165, 1.54) is 6.08 Å². The fourth-order valence-corrected chi connectivity index (χ4v) is 0.589. The number of hydrogen-bond acceptors (Lipinski definition) is 2. The average Bonchev–Trinajstić information content (AvgIpc) is 1.83. The molecule has 0 bridgehead atoms. The van der Waals surface area contributed by atoms with E-state index in [4.69, 9.17) is 4.74 Å². The standard InChI is InChI=1S/C8H13BrO2/c1-4-11-7(10)5-6-8(2,3)9/h5-6H,4H2,1-3H3/b6-5+. The zero-order valence-corrected chi connectivity index (χ0v) is 8.64. The summed E-state index contributed by atoms with van der Waals surface area (Å²) in [4.78, 5) is 10.8. The summed E-state index contributed by atoms with van der Waals surface area (Å²) in [5.74, 6) is -0.292. The lowest BCUT2D eigenvalue weighted by Crippen LogP contribution is -2.06. The number of ether oxygens (including phenoxy) is 1. The fraction of sp³-hybridized carbons (Fsp3) is 0.625. The third kappa shape index (κ3) is 7.59. The Hall–Kier alpha value is -0.310. The van der Waals surface area contributed by atoms with Crippen LogP contribution in [0.3, 0.4) is 0 Å². The van der Waals surface area contributed by atoms with Crippen LogP contribution in [0.15, 0.2) is 12.2 Å². The molecule has 0 N–H and O–H groups in total. The number of esters is 1. The van der Waals surface area contributed by atoms with Gasteiger partial charge in [-0.15, -0.1) is 0 Å². The minimum atomic E-state index is -0.292. The predicted molar refractivity (Wildman–Crippen MR) is 48.8 cm³/mol. The molecule has 0 unspecified atom stereocenters. The van der Waals surface area contributed by atoms with Crippen molar-refractivity contribution in [1.29, 1.82) is 0 Å². The molecule has 0 radical (unpaired) electrons. The Morgan fingerprint density at radius 1 is 1.64 bits per heavy atom. The van der Waals surface area contributed by atoms with Gasteiger partial charge in [0.25, 0.3) is 0 Å². The predicted octanol–water partition coefficient (Wildman–Crippen LogP) is 2.28. The number of hydrogen-bond donors (Lipinski definition) is 0. The summed E-state index contributed by atoms with van der Waals surface area (Å²) < 4.78 is 4.55. The summed E-state index contributed by atoms with van der Waals surface area (Å²) in [6, 6.07) is 0. The van der Waals surface area contributed by atoms with E-state index in [9.17, 15) is 4.79 Å². The van der Waals surface area contributed by atoms with Gasteiger partial charge in [0.1, 0.15) is 0 Å². The molecule has 11 heavy (non-hydrogen) atoms. The lowest BCUT2D eigenvalue weighted by Gasteiger charge is -2.07. The van der Waals surface area contributed by atoms with Crippen LogP contribution in [-0.2, 0) is 9.53 Å². The van der Waals surface area contributed by atoms with Gasteiger partial charge in [-0.2, -0.15) is 0 Å². The smallest absolute Gasteiger partial charge is 0.330 e. The van der Waals surface area contributed by atoms with E-state index in [1.807, 2.05) is 13.8 Å². The molecule has 0 aliphatic carbocycles. The van der Waals surface area contributed by atoms with Gasteiger partial charge >= 0.3 is 5.97 Å². The Labute approximate surface area is 75.7 Å². The zero-order chi connectivity index (χ0) is 8.91. The molecule has 64 valence electrons. The van der Waals surface area contributed by atoms with Crippen LogP contribution in [-0.4, -0.2) is 16.9 Å². The van der Waals surface area contributed by atoms with Crippen LogP contribution in [0.1, 0.15) is 20.8 Å². The molecule has 0 rings (SSSR count). The van der Waals surface area contributed by atoms with Crippen molar-refractivity contribution in [3.05, 3.63) is 12.2 Å². The molecule has 0 aliphatic rings. The third-order valence-corrected chi connectivity index (χ3v) is 1.17. The molecular weight excluding hydrogens is 208 g/mol. The number of carbonyl (C=O) groups excluding carboxylic acids is 1. The molecule has 0 saturated heterocycles. The van der Waals surface area contributed by atoms with Crippen LogP contribution in [0.2, 0.25) is 0 Å². The summed E-state index contributed by atoms with van der Waals surface area (Å²) in [7, 11) is 0. The first-order valence-electron chi connectivity index (χ1n) is 3.50. The van der Waals surface area contributed by atoms with Crippen LogP contribution in [0.4, 0.5) is 0 Å². The first-order valence-corrected chi connectivity index (χ1v) is 4.30. The summed E-state index contributed by atoms with van der Waals surface area (Å²) in [6.07, 6.45) is 3.18. The molecular formula is C8H13BrO2. The van der Waals surface area contributed by atoms with E-state index in [2.05, 4.69) is 15.9 Å². The SMILES string of the molecule is CCOC(=O)/C=C/C(C)(C)Br. The summed E-state index contributed by atoms with van der Waals surface area (Å²) >= 11 is 3.36. The minimum absolute atomic E-state index is 0.139. The van der Waals surface area contributed by atoms with E-state index in [1.54, 1.807) is 13.0 Å². The Morgan fingerprint density at radius 3 is 2.55 bits per heavy atom. The number of halogens is 1. The van der Waals surface area contributed by atoms with Gasteiger partial charge in [0, 0.05) is 10.4 Å². The number of allylic oxidation sites excluding steroid dienone is 1. The molecule has 0 spiro atoms. The van der Waals surface area contributed by atoms with E-state index in [0.29, 0.717) is 6.61 Å². The summed E-state index contributed by atoms with van der Waals surface area (Å²) in [5, 5.41) is 0. The molecule has 0 atom stereocenters. The second-order valence-corrected chi connectivity index (χ2v) is 4.69. The van der Waals surface area contributed by atoms with Crippen molar-refractivity contribution in [1.82, 2.24) is 0 Å². The molecule has 0 aromatic rings. The second kappa shape index (κ2) is 4.54. The Bertz CT molecular complexity index is 156. The lowest BCUT2D eigenvalue weighted by molar-refractivity contribution is -0.137. The van der Waals surface area contributed by atoms with Gasteiger partial charge in [0.05, 0.1) is 6.61 Å². The Kier molecular flexibility index (Phi) is 4.42. The van der Waals surface area contributed by atoms with Gasteiger partial charge in [-0.3, -0.25) is 0 Å². The van der Waals surface area contributed by atoms with Gasteiger partial charge in [0.2, 0.25) is 0 Å². The molecule has 0 amide bonds. The Morgan fingerprint density at radius 2 is 2.18 bits per heavy atom. The number of alkyl halides is 1. The minimum Gasteiger partial charge on any atom is -0.463 e. The van der Waals surface area contributed by atoms with Crippen LogP contribution >= 0.6 is 15.9 Å². The second-order valence-electron chi connectivity index (χ2n) is 2.65. The van der Waals surface area contributed by atoms with E-state index in [0.717, 1.165) is 0 Å². The van der Waals surface area contributed by atoms with Crippen molar-refractivity contribution >= 4 is 21.9 Å². The number of rotatable bonds is 3. The topological polar surface area (TPSA) is 26.3 Å². The van der Waals surface area contributed by atoms with Crippen LogP contribution in [0.25, 0.3) is 0 Å². The highest BCUT2D eigenvalue weighted by Crippen LogP contribution is 2.16. The van der Waals surface area contributed by atoms with E-state index < -0.39 is 0 Å². The highest BCUT2D eigenvalue weighted by Gasteiger charge is 2.07. The molecule has 0 aromatic heterocycles. The molecule has 2 nitrogen and oxygen atoms in total. The monoisotopic (exact) mass is 220 g/mol. The summed E-state index contributed by atoms with van der Waals surface area (Å²) in [6.45, 7) is 6.10. The molecule has 0 aromatic carbocycles. The van der Waals surface area contributed by atoms with Gasteiger partial charge < -0.3 is 4.74 Å². The highest BCUT2D eigenvalue weighted by atomic mass is 79.9. The van der Waals surface area contributed by atoms with Gasteiger partial charge in [0.15, 0.2) is 0 Å². The van der Waals surface area contributed by atoms with Crippen molar-refractivity contribution in [2.75, 3.05) is 6.61 Å². The quantitative estimate of drug-likeness (QED) is 0.415. The van der Waals surface area contributed by atoms with Crippen LogP contribution in [0, 0.1) is 0 Å². The van der Waals surface area contributed by atoms with Gasteiger partial charge in [-0.1, -0.05) is 22.0 Å². The fourth-order valence-electron chi connectivity index (χ4n) is 0.457. The molecule has 0 fully saturated rings. The first-order chi connectivity index (χ1) is 4.95. The Balaban J connectivity index is 3.83. The molecule has 0 saturated carbocycles. The van der Waals surface area contributed by atoms with Crippen molar-refractivity contribution < 1.29 is 9.53 Å². The molecule has 0 heterocycles. The maximum atomic E-state index is 10.8. The maximum absolute atomic E-state index is 10.8. The summed E-state index contributed by atoms with van der Waals surface area (Å²) in [5.41, 5.74) is 0. The lowest BCUT2D eigenvalue weighted by atomic mass is 10.2. The normalized spacial score (nSPS) is 12.0. The van der Waals surface area contributed by atoms with E-state index >= 15 is 0 Å². The molecule has 3 heteroatoms. The van der Waals surface area contributed by atoms with Gasteiger partial charge in [-0.05, 0) is 20.8 Å². The molecule has 0 aliphatic heterocycles. The van der Waals surface area contributed by atoms with E-state index in [-0.39, 0.29) is 10.3 Å². The number of carbonyl (C=O) groups is 1.